The van der Waals surface area contributed by atoms with Gasteiger partial charge in [0, 0.05) is 6.04 Å². The zero-order valence-electron chi connectivity index (χ0n) is 12.4. The van der Waals surface area contributed by atoms with Crippen molar-refractivity contribution >= 4 is 11.6 Å². The molecule has 4 heteroatoms. The molecular weight excluding hydrogens is 289 g/mol. The van der Waals surface area contributed by atoms with Crippen molar-refractivity contribution in [1.82, 2.24) is 5.32 Å². The van der Waals surface area contributed by atoms with E-state index in [1.165, 1.54) is 6.07 Å². The van der Waals surface area contributed by atoms with Gasteiger partial charge in [-0.2, -0.15) is 0 Å². The molecule has 21 heavy (non-hydrogen) atoms. The number of aryl methyl sites for hydroxylation is 1. The van der Waals surface area contributed by atoms with Gasteiger partial charge in [0.2, 0.25) is 0 Å². The van der Waals surface area contributed by atoms with Gasteiger partial charge < -0.3 is 10.1 Å². The topological polar surface area (TPSA) is 21.3 Å². The lowest BCUT2D eigenvalue weighted by Gasteiger charge is -2.14. The third-order valence-electron chi connectivity index (χ3n) is 3.27. The van der Waals surface area contributed by atoms with Gasteiger partial charge in [0.25, 0.3) is 0 Å². The molecule has 0 aliphatic rings. The Morgan fingerprint density at radius 1 is 1.19 bits per heavy atom. The van der Waals surface area contributed by atoms with Crippen LogP contribution in [0.5, 0.6) is 11.5 Å². The van der Waals surface area contributed by atoms with E-state index in [1.54, 1.807) is 18.2 Å². The van der Waals surface area contributed by atoms with Gasteiger partial charge in [-0.05, 0) is 55.8 Å². The average Bonchev–Trinajstić information content (AvgIpc) is 2.44. The van der Waals surface area contributed by atoms with E-state index >= 15 is 0 Å². The predicted octanol–water partition coefficient (Wildman–Crippen LogP) is 5.25. The minimum absolute atomic E-state index is 0.0986. The van der Waals surface area contributed by atoms with Crippen LogP contribution in [0.2, 0.25) is 5.02 Å². The first-order valence-electron chi connectivity index (χ1n) is 6.98. The summed E-state index contributed by atoms with van der Waals surface area (Å²) < 4.78 is 19.7. The first-order valence-corrected chi connectivity index (χ1v) is 7.36. The number of hydrogen-bond acceptors (Lipinski definition) is 2. The molecule has 0 bridgehead atoms. The Morgan fingerprint density at radius 3 is 2.52 bits per heavy atom. The van der Waals surface area contributed by atoms with Crippen molar-refractivity contribution in [3.63, 3.8) is 0 Å². The van der Waals surface area contributed by atoms with Crippen molar-refractivity contribution in [2.45, 2.75) is 26.8 Å². The van der Waals surface area contributed by atoms with E-state index in [2.05, 4.69) is 5.32 Å². The van der Waals surface area contributed by atoms with Gasteiger partial charge in [0.05, 0.1) is 5.02 Å². The quantitative estimate of drug-likeness (QED) is 0.814. The normalized spacial score (nSPS) is 12.2. The molecule has 2 aromatic carbocycles. The lowest BCUT2D eigenvalue weighted by atomic mass is 10.1. The van der Waals surface area contributed by atoms with Crippen molar-refractivity contribution in [1.29, 1.82) is 0 Å². The molecule has 1 N–H and O–H groups in total. The Balaban J connectivity index is 2.21. The van der Waals surface area contributed by atoms with Gasteiger partial charge in [-0.25, -0.2) is 4.39 Å². The number of benzene rings is 2. The maximum Gasteiger partial charge on any atom is 0.166 e. The van der Waals surface area contributed by atoms with Crippen LogP contribution in [-0.4, -0.2) is 6.54 Å². The third kappa shape index (κ3) is 3.96. The van der Waals surface area contributed by atoms with Crippen LogP contribution in [0.25, 0.3) is 0 Å². The summed E-state index contributed by atoms with van der Waals surface area (Å²) >= 11 is 6.10. The van der Waals surface area contributed by atoms with E-state index in [9.17, 15) is 4.39 Å². The summed E-state index contributed by atoms with van der Waals surface area (Å²) in [5.74, 6) is 0.232. The molecule has 2 aromatic rings. The summed E-state index contributed by atoms with van der Waals surface area (Å²) in [5.41, 5.74) is 1.92. The van der Waals surface area contributed by atoms with E-state index in [0.29, 0.717) is 10.8 Å². The van der Waals surface area contributed by atoms with Gasteiger partial charge in [-0.15, -0.1) is 0 Å². The van der Waals surface area contributed by atoms with Crippen LogP contribution in [-0.2, 0) is 0 Å². The van der Waals surface area contributed by atoms with Gasteiger partial charge in [0.1, 0.15) is 5.75 Å². The van der Waals surface area contributed by atoms with E-state index in [4.69, 9.17) is 16.3 Å². The molecule has 0 heterocycles. The molecule has 1 atom stereocenters. The molecule has 0 fully saturated rings. The fourth-order valence-electron chi connectivity index (χ4n) is 2.10. The summed E-state index contributed by atoms with van der Waals surface area (Å²) in [4.78, 5) is 0. The highest BCUT2D eigenvalue weighted by molar-refractivity contribution is 6.32. The fourth-order valence-corrected chi connectivity index (χ4v) is 2.37. The SMILES string of the molecule is CCNC(C)c1ccc(Oc2ccc(C)cc2Cl)c(F)c1. The van der Waals surface area contributed by atoms with E-state index < -0.39 is 5.82 Å². The van der Waals surface area contributed by atoms with Crippen LogP contribution in [0.1, 0.15) is 31.0 Å². The van der Waals surface area contributed by atoms with Gasteiger partial charge in [-0.3, -0.25) is 0 Å². The van der Waals surface area contributed by atoms with Gasteiger partial charge in [0.15, 0.2) is 11.6 Å². The molecule has 2 rings (SSSR count). The molecule has 0 radical (unpaired) electrons. The standard InChI is InChI=1S/C17H19ClFNO/c1-4-20-12(3)13-6-8-17(15(19)10-13)21-16-7-5-11(2)9-14(16)18/h5-10,12,20H,4H2,1-3H3. The summed E-state index contributed by atoms with van der Waals surface area (Å²) in [6.07, 6.45) is 0. The average molecular weight is 308 g/mol. The second kappa shape index (κ2) is 6.92. The van der Waals surface area contributed by atoms with Crippen molar-refractivity contribution < 1.29 is 9.13 Å². The Kier molecular flexibility index (Phi) is 5.21. The van der Waals surface area contributed by atoms with Crippen LogP contribution in [0.4, 0.5) is 4.39 Å². The molecule has 0 saturated heterocycles. The minimum Gasteiger partial charge on any atom is -0.453 e. The molecule has 0 aliphatic heterocycles. The maximum atomic E-state index is 14.2. The highest BCUT2D eigenvalue weighted by atomic mass is 35.5. The Hall–Kier alpha value is -1.58. The van der Waals surface area contributed by atoms with Gasteiger partial charge >= 0.3 is 0 Å². The molecule has 0 spiro atoms. The molecule has 0 saturated carbocycles. The van der Waals surface area contributed by atoms with Crippen molar-refractivity contribution in [3.05, 3.63) is 58.4 Å². The number of halogens is 2. The molecule has 1 unspecified atom stereocenters. The van der Waals surface area contributed by atoms with Crippen molar-refractivity contribution in [2.75, 3.05) is 6.54 Å². The molecule has 0 aliphatic carbocycles. The second-order valence-electron chi connectivity index (χ2n) is 5.01. The summed E-state index contributed by atoms with van der Waals surface area (Å²) in [6.45, 7) is 6.78. The molecule has 112 valence electrons. The Bertz CT molecular complexity index is 630. The highest BCUT2D eigenvalue weighted by Gasteiger charge is 2.11. The fraction of sp³-hybridized carbons (Fsp3) is 0.294. The van der Waals surface area contributed by atoms with Crippen LogP contribution in [0.3, 0.4) is 0 Å². The summed E-state index contributed by atoms with van der Waals surface area (Å²) in [6, 6.07) is 10.5. The zero-order valence-corrected chi connectivity index (χ0v) is 13.2. The number of ether oxygens (including phenoxy) is 1. The smallest absolute Gasteiger partial charge is 0.166 e. The zero-order chi connectivity index (χ0) is 15.4. The molecule has 0 amide bonds. The lowest BCUT2D eigenvalue weighted by Crippen LogP contribution is -2.17. The van der Waals surface area contributed by atoms with Crippen molar-refractivity contribution in [3.8, 4) is 11.5 Å². The summed E-state index contributed by atoms with van der Waals surface area (Å²) in [5, 5.41) is 3.72. The predicted molar refractivity (Wildman–Crippen MR) is 84.8 cm³/mol. The van der Waals surface area contributed by atoms with E-state index in [1.807, 2.05) is 32.9 Å². The number of hydrogen-bond donors (Lipinski definition) is 1. The Labute approximate surface area is 129 Å². The van der Waals surface area contributed by atoms with E-state index in [-0.39, 0.29) is 11.8 Å². The first-order chi connectivity index (χ1) is 10.0. The first kappa shape index (κ1) is 15.8. The van der Waals surface area contributed by atoms with E-state index in [0.717, 1.165) is 17.7 Å². The van der Waals surface area contributed by atoms with Crippen molar-refractivity contribution in [2.24, 2.45) is 0 Å². The van der Waals surface area contributed by atoms with Crippen LogP contribution in [0, 0.1) is 12.7 Å². The lowest BCUT2D eigenvalue weighted by molar-refractivity contribution is 0.440. The summed E-state index contributed by atoms with van der Waals surface area (Å²) in [7, 11) is 0. The largest absolute Gasteiger partial charge is 0.453 e. The van der Waals surface area contributed by atoms with Crippen LogP contribution in [0.15, 0.2) is 36.4 Å². The number of nitrogens with one attached hydrogen (secondary N) is 1. The molecule has 2 nitrogen and oxygen atoms in total. The van der Waals surface area contributed by atoms with Crippen LogP contribution < -0.4 is 10.1 Å². The van der Waals surface area contributed by atoms with Crippen LogP contribution >= 0.6 is 11.6 Å². The van der Waals surface area contributed by atoms with Gasteiger partial charge in [-0.1, -0.05) is 30.7 Å². The molecular formula is C17H19ClFNO. The Morgan fingerprint density at radius 2 is 1.90 bits per heavy atom. The molecule has 0 aromatic heterocycles. The third-order valence-corrected chi connectivity index (χ3v) is 3.57. The second-order valence-corrected chi connectivity index (χ2v) is 5.41. The maximum absolute atomic E-state index is 14.2. The minimum atomic E-state index is -0.395. The number of rotatable bonds is 5. The highest BCUT2D eigenvalue weighted by Crippen LogP contribution is 2.32. The monoisotopic (exact) mass is 307 g/mol.